The van der Waals surface area contributed by atoms with Gasteiger partial charge in [0.25, 0.3) is 0 Å². The second-order valence-corrected chi connectivity index (χ2v) is 5.06. The minimum Gasteiger partial charge on any atom is -0.330 e. The quantitative estimate of drug-likeness (QED) is 0.731. The van der Waals surface area contributed by atoms with Gasteiger partial charge >= 0.3 is 0 Å². The Bertz CT molecular complexity index is 148. The molecule has 0 aromatic carbocycles. The Morgan fingerprint density at radius 2 is 1.86 bits per heavy atom. The van der Waals surface area contributed by atoms with Gasteiger partial charge in [-0.05, 0) is 30.7 Å². The Morgan fingerprint density at radius 3 is 2.29 bits per heavy atom. The minimum atomic E-state index is 0.720. The summed E-state index contributed by atoms with van der Waals surface area (Å²) in [4.78, 5) is 2.60. The third-order valence-electron chi connectivity index (χ3n) is 3.61. The molecule has 0 aromatic rings. The van der Waals surface area contributed by atoms with Crippen LogP contribution in [-0.4, -0.2) is 31.1 Å². The minimum absolute atomic E-state index is 0.720. The molecule has 2 N–H and O–H groups in total. The van der Waals surface area contributed by atoms with Crippen molar-refractivity contribution in [3.63, 3.8) is 0 Å². The van der Waals surface area contributed by atoms with E-state index >= 15 is 0 Å². The smallest absolute Gasteiger partial charge is 0.00219 e. The molecule has 1 rings (SSSR count). The lowest BCUT2D eigenvalue weighted by Gasteiger charge is -2.22. The molecular formula is C12H26N2. The number of nitrogens with two attached hydrogens (primary N) is 1. The molecule has 14 heavy (non-hydrogen) atoms. The van der Waals surface area contributed by atoms with Gasteiger partial charge in [0.1, 0.15) is 0 Å². The molecule has 3 unspecified atom stereocenters. The van der Waals surface area contributed by atoms with Crippen LogP contribution in [0.3, 0.4) is 0 Å². The monoisotopic (exact) mass is 198 g/mol. The maximum Gasteiger partial charge on any atom is 0.00219 e. The molecule has 1 aliphatic rings. The Balaban J connectivity index is 2.29. The first-order valence-electron chi connectivity index (χ1n) is 6.09. The van der Waals surface area contributed by atoms with E-state index in [1.807, 2.05) is 0 Å². The fraction of sp³-hybridized carbons (Fsp3) is 1.00. The van der Waals surface area contributed by atoms with Crippen LogP contribution in [0.4, 0.5) is 0 Å². The van der Waals surface area contributed by atoms with E-state index in [1.165, 1.54) is 32.5 Å². The lowest BCUT2D eigenvalue weighted by molar-refractivity contribution is 0.261. The van der Waals surface area contributed by atoms with Crippen molar-refractivity contribution in [1.29, 1.82) is 0 Å². The van der Waals surface area contributed by atoms with Crippen LogP contribution in [-0.2, 0) is 0 Å². The predicted octanol–water partition coefficient (Wildman–Crippen LogP) is 1.95. The summed E-state index contributed by atoms with van der Waals surface area (Å²) in [5.41, 5.74) is 5.78. The van der Waals surface area contributed by atoms with Crippen molar-refractivity contribution in [3.05, 3.63) is 0 Å². The lowest BCUT2D eigenvalue weighted by atomic mass is 10.0. The second-order valence-electron chi connectivity index (χ2n) is 5.06. The summed E-state index contributed by atoms with van der Waals surface area (Å²) in [6.07, 6.45) is 2.55. The topological polar surface area (TPSA) is 29.3 Å². The molecule has 84 valence electrons. The zero-order valence-corrected chi connectivity index (χ0v) is 10.00. The van der Waals surface area contributed by atoms with Crippen LogP contribution in [0.15, 0.2) is 0 Å². The van der Waals surface area contributed by atoms with Crippen LogP contribution < -0.4 is 5.73 Å². The molecule has 0 spiro atoms. The summed E-state index contributed by atoms with van der Waals surface area (Å²) in [6, 6.07) is 0. The largest absolute Gasteiger partial charge is 0.330 e. The molecule has 3 atom stereocenters. The third-order valence-corrected chi connectivity index (χ3v) is 3.61. The highest BCUT2D eigenvalue weighted by atomic mass is 15.2. The molecule has 1 fully saturated rings. The van der Waals surface area contributed by atoms with Gasteiger partial charge in [-0.25, -0.2) is 0 Å². The first-order valence-corrected chi connectivity index (χ1v) is 6.09. The molecule has 1 aliphatic heterocycles. The van der Waals surface area contributed by atoms with Crippen molar-refractivity contribution >= 4 is 0 Å². The molecule has 0 aliphatic carbocycles. The van der Waals surface area contributed by atoms with E-state index in [2.05, 4.69) is 25.7 Å². The van der Waals surface area contributed by atoms with E-state index in [0.29, 0.717) is 0 Å². The Kier molecular flexibility index (Phi) is 4.90. The number of nitrogens with zero attached hydrogens (tertiary/aromatic N) is 1. The first-order chi connectivity index (χ1) is 6.67. The summed E-state index contributed by atoms with van der Waals surface area (Å²) < 4.78 is 0. The predicted molar refractivity (Wildman–Crippen MR) is 62.2 cm³/mol. The fourth-order valence-corrected chi connectivity index (χ4v) is 2.46. The highest BCUT2D eigenvalue weighted by molar-refractivity contribution is 4.80. The van der Waals surface area contributed by atoms with Crippen LogP contribution in [0.5, 0.6) is 0 Å². The summed E-state index contributed by atoms with van der Waals surface area (Å²) in [5, 5.41) is 0. The van der Waals surface area contributed by atoms with Crippen LogP contribution in [0.1, 0.15) is 33.6 Å². The molecule has 0 aromatic heterocycles. The standard InChI is InChI=1S/C12H26N2/c1-4-5-12(6-13)9-14-7-10(2)11(3)8-14/h10-12H,4-9,13H2,1-3H3. The van der Waals surface area contributed by atoms with Gasteiger partial charge in [-0.15, -0.1) is 0 Å². The zero-order valence-electron chi connectivity index (χ0n) is 10.00. The Labute approximate surface area is 88.8 Å². The molecule has 0 bridgehead atoms. The molecule has 0 amide bonds. The summed E-state index contributed by atoms with van der Waals surface area (Å²) in [5.74, 6) is 2.46. The van der Waals surface area contributed by atoms with Gasteiger partial charge in [-0.3, -0.25) is 0 Å². The van der Waals surface area contributed by atoms with Crippen molar-refractivity contribution in [2.45, 2.75) is 33.6 Å². The van der Waals surface area contributed by atoms with Gasteiger partial charge in [0, 0.05) is 19.6 Å². The molecule has 0 saturated carbocycles. The molecule has 2 nitrogen and oxygen atoms in total. The van der Waals surface area contributed by atoms with E-state index in [0.717, 1.165) is 24.3 Å². The van der Waals surface area contributed by atoms with Crippen LogP contribution in [0.2, 0.25) is 0 Å². The average molecular weight is 198 g/mol. The van der Waals surface area contributed by atoms with Crippen molar-refractivity contribution in [2.24, 2.45) is 23.5 Å². The van der Waals surface area contributed by atoms with Crippen LogP contribution >= 0.6 is 0 Å². The van der Waals surface area contributed by atoms with E-state index in [-0.39, 0.29) is 0 Å². The first kappa shape index (κ1) is 12.0. The van der Waals surface area contributed by atoms with Crippen LogP contribution in [0, 0.1) is 17.8 Å². The van der Waals surface area contributed by atoms with E-state index in [1.54, 1.807) is 0 Å². The second kappa shape index (κ2) is 5.72. The number of rotatable bonds is 5. The molecule has 1 heterocycles. The summed E-state index contributed by atoms with van der Waals surface area (Å²) in [6.45, 7) is 11.6. The summed E-state index contributed by atoms with van der Waals surface area (Å²) >= 11 is 0. The van der Waals surface area contributed by atoms with E-state index in [9.17, 15) is 0 Å². The molecule has 2 heteroatoms. The third kappa shape index (κ3) is 3.25. The van der Waals surface area contributed by atoms with Gasteiger partial charge in [-0.2, -0.15) is 0 Å². The average Bonchev–Trinajstić information content (AvgIpc) is 2.45. The number of likely N-dealkylation sites (tertiary alicyclic amines) is 1. The van der Waals surface area contributed by atoms with Gasteiger partial charge in [0.15, 0.2) is 0 Å². The Morgan fingerprint density at radius 1 is 1.29 bits per heavy atom. The van der Waals surface area contributed by atoms with Crippen molar-refractivity contribution in [3.8, 4) is 0 Å². The Hall–Kier alpha value is -0.0800. The van der Waals surface area contributed by atoms with Crippen molar-refractivity contribution < 1.29 is 0 Å². The normalized spacial score (nSPS) is 30.9. The summed E-state index contributed by atoms with van der Waals surface area (Å²) in [7, 11) is 0. The highest BCUT2D eigenvalue weighted by Crippen LogP contribution is 2.23. The molecule has 1 saturated heterocycles. The lowest BCUT2D eigenvalue weighted by Crippen LogP contribution is -2.31. The van der Waals surface area contributed by atoms with Gasteiger partial charge in [0.2, 0.25) is 0 Å². The SMILES string of the molecule is CCCC(CN)CN1CC(C)C(C)C1. The maximum atomic E-state index is 5.78. The van der Waals surface area contributed by atoms with Gasteiger partial charge in [0.05, 0.1) is 0 Å². The van der Waals surface area contributed by atoms with Crippen molar-refractivity contribution in [2.75, 3.05) is 26.2 Å². The molecular weight excluding hydrogens is 172 g/mol. The maximum absolute atomic E-state index is 5.78. The van der Waals surface area contributed by atoms with Gasteiger partial charge in [-0.1, -0.05) is 27.2 Å². The van der Waals surface area contributed by atoms with E-state index < -0.39 is 0 Å². The van der Waals surface area contributed by atoms with E-state index in [4.69, 9.17) is 5.73 Å². The molecule has 0 radical (unpaired) electrons. The number of hydrogen-bond donors (Lipinski definition) is 1. The van der Waals surface area contributed by atoms with Crippen molar-refractivity contribution in [1.82, 2.24) is 4.90 Å². The number of hydrogen-bond acceptors (Lipinski definition) is 2. The van der Waals surface area contributed by atoms with Crippen LogP contribution in [0.25, 0.3) is 0 Å². The zero-order chi connectivity index (χ0) is 10.6. The van der Waals surface area contributed by atoms with Gasteiger partial charge < -0.3 is 10.6 Å². The highest BCUT2D eigenvalue weighted by Gasteiger charge is 2.26. The fourth-order valence-electron chi connectivity index (χ4n) is 2.46.